The molecular weight excluding hydrogens is 395 g/mol. The fourth-order valence-electron chi connectivity index (χ4n) is 2.21. The van der Waals surface area contributed by atoms with Crippen LogP contribution in [-0.2, 0) is 0 Å². The Bertz CT molecular complexity index is 1080. The van der Waals surface area contributed by atoms with E-state index in [4.69, 9.17) is 23.2 Å². The summed E-state index contributed by atoms with van der Waals surface area (Å²) in [4.78, 5) is 12.0. The third-order valence-electron chi connectivity index (χ3n) is 3.70. The smallest absolute Gasteiger partial charge is 0.271 e. The summed E-state index contributed by atoms with van der Waals surface area (Å²) in [5.41, 5.74) is 5.25. The maximum atomic E-state index is 12.0. The molecule has 0 unspecified atom stereocenters. The summed E-state index contributed by atoms with van der Waals surface area (Å²) >= 11 is 11.6. The zero-order chi connectivity index (χ0) is 19.9. The number of hydrogen-bond donors (Lipinski definition) is 2. The first-order valence-electron chi connectivity index (χ1n) is 8.21. The Balaban J connectivity index is 1.60. The molecule has 0 spiro atoms. The van der Waals surface area contributed by atoms with Crippen molar-refractivity contribution in [3.05, 3.63) is 99.0 Å². The second kappa shape index (κ2) is 9.09. The van der Waals surface area contributed by atoms with E-state index in [1.807, 2.05) is 36.4 Å². The second-order valence-electron chi connectivity index (χ2n) is 5.74. The van der Waals surface area contributed by atoms with Gasteiger partial charge in [-0.3, -0.25) is 4.79 Å². The number of rotatable bonds is 3. The number of carbonyl (C=O) groups excluding carboxylic acids is 1. The number of hydrazone groups is 1. The quantitative estimate of drug-likeness (QED) is 0.369. The Morgan fingerprint density at radius 3 is 2.14 bits per heavy atom. The van der Waals surface area contributed by atoms with Crippen LogP contribution in [-0.4, -0.2) is 17.2 Å². The van der Waals surface area contributed by atoms with Crippen molar-refractivity contribution in [3.63, 3.8) is 0 Å². The summed E-state index contributed by atoms with van der Waals surface area (Å²) in [5.74, 6) is 5.63. The van der Waals surface area contributed by atoms with Crippen LogP contribution in [0.3, 0.4) is 0 Å². The Kier molecular flexibility index (Phi) is 6.33. The normalized spacial score (nSPS) is 10.4. The molecule has 0 heterocycles. The predicted octanol–water partition coefficient (Wildman–Crippen LogP) is 4.86. The highest BCUT2D eigenvalue weighted by Crippen LogP contribution is 2.23. The molecule has 3 aromatic rings. The van der Waals surface area contributed by atoms with Crippen molar-refractivity contribution >= 4 is 35.3 Å². The van der Waals surface area contributed by atoms with Crippen LogP contribution in [0.5, 0.6) is 5.75 Å². The molecule has 0 aliphatic carbocycles. The SMILES string of the molecule is O=C(NN=Cc1ccc(C#Cc2ccc(Cl)cc2)cc1)c1ccc(O)c(Cl)c1. The second-order valence-corrected chi connectivity index (χ2v) is 6.59. The van der Waals surface area contributed by atoms with Crippen molar-refractivity contribution in [2.75, 3.05) is 0 Å². The number of halogens is 2. The van der Waals surface area contributed by atoms with Crippen LogP contribution in [0.15, 0.2) is 71.8 Å². The number of benzene rings is 3. The van der Waals surface area contributed by atoms with Gasteiger partial charge in [-0.25, -0.2) is 5.43 Å². The Hall–Kier alpha value is -3.26. The molecule has 4 nitrogen and oxygen atoms in total. The van der Waals surface area contributed by atoms with Gasteiger partial charge in [0.15, 0.2) is 0 Å². The standard InChI is InChI=1S/C22H14Cl2N2O2/c23-19-10-7-16(8-11-19)2-1-15-3-5-17(6-4-15)14-25-26-22(28)18-9-12-21(27)20(24)13-18/h3-14,27H,(H,26,28). The van der Waals surface area contributed by atoms with E-state index in [2.05, 4.69) is 22.4 Å². The van der Waals surface area contributed by atoms with E-state index in [1.54, 1.807) is 12.1 Å². The minimum Gasteiger partial charge on any atom is -0.506 e. The average molecular weight is 409 g/mol. The molecule has 6 heteroatoms. The van der Waals surface area contributed by atoms with Crippen LogP contribution in [0, 0.1) is 11.8 Å². The molecule has 0 aliphatic rings. The van der Waals surface area contributed by atoms with E-state index < -0.39 is 5.91 Å². The number of phenols is 1. The van der Waals surface area contributed by atoms with Gasteiger partial charge in [0.05, 0.1) is 11.2 Å². The number of carbonyl (C=O) groups is 1. The fraction of sp³-hybridized carbons (Fsp3) is 0. The molecule has 3 aromatic carbocycles. The van der Waals surface area contributed by atoms with Crippen LogP contribution in [0.2, 0.25) is 10.0 Å². The van der Waals surface area contributed by atoms with Gasteiger partial charge in [0.1, 0.15) is 5.75 Å². The van der Waals surface area contributed by atoms with Crippen LogP contribution >= 0.6 is 23.2 Å². The fourth-order valence-corrected chi connectivity index (χ4v) is 2.51. The zero-order valence-corrected chi connectivity index (χ0v) is 16.0. The van der Waals surface area contributed by atoms with Crippen molar-refractivity contribution in [2.24, 2.45) is 5.10 Å². The third kappa shape index (κ3) is 5.37. The minimum absolute atomic E-state index is 0.0824. The molecular formula is C22H14Cl2N2O2. The van der Waals surface area contributed by atoms with Crippen LogP contribution in [0.4, 0.5) is 0 Å². The number of phenolic OH excluding ortho intramolecular Hbond substituents is 1. The highest BCUT2D eigenvalue weighted by Gasteiger charge is 2.07. The molecule has 1 amide bonds. The molecule has 0 bridgehead atoms. The molecule has 0 saturated carbocycles. The highest BCUT2D eigenvalue weighted by molar-refractivity contribution is 6.32. The lowest BCUT2D eigenvalue weighted by molar-refractivity contribution is 0.0955. The molecule has 2 N–H and O–H groups in total. The van der Waals surface area contributed by atoms with E-state index in [1.165, 1.54) is 24.4 Å². The number of hydrogen-bond acceptors (Lipinski definition) is 3. The number of nitrogens with one attached hydrogen (secondary N) is 1. The van der Waals surface area contributed by atoms with Crippen molar-refractivity contribution in [1.82, 2.24) is 5.43 Å². The van der Waals surface area contributed by atoms with Gasteiger partial charge in [-0.1, -0.05) is 47.2 Å². The molecule has 0 atom stereocenters. The van der Waals surface area contributed by atoms with Gasteiger partial charge in [-0.15, -0.1) is 0 Å². The van der Waals surface area contributed by atoms with Crippen molar-refractivity contribution in [3.8, 4) is 17.6 Å². The van der Waals surface area contributed by atoms with E-state index in [0.717, 1.165) is 16.7 Å². The van der Waals surface area contributed by atoms with E-state index in [0.29, 0.717) is 10.6 Å². The van der Waals surface area contributed by atoms with E-state index in [-0.39, 0.29) is 10.8 Å². The van der Waals surface area contributed by atoms with Gasteiger partial charge in [0, 0.05) is 21.7 Å². The molecule has 138 valence electrons. The molecule has 0 saturated heterocycles. The Morgan fingerprint density at radius 1 is 0.929 bits per heavy atom. The monoisotopic (exact) mass is 408 g/mol. The van der Waals surface area contributed by atoms with Crippen LogP contribution < -0.4 is 5.43 Å². The van der Waals surface area contributed by atoms with Gasteiger partial charge in [0.2, 0.25) is 0 Å². The zero-order valence-electron chi connectivity index (χ0n) is 14.5. The average Bonchev–Trinajstić information content (AvgIpc) is 2.70. The maximum absolute atomic E-state index is 12.0. The lowest BCUT2D eigenvalue weighted by atomic mass is 10.1. The van der Waals surface area contributed by atoms with E-state index in [9.17, 15) is 9.90 Å². The number of amides is 1. The summed E-state index contributed by atoms with van der Waals surface area (Å²) in [6.07, 6.45) is 1.52. The van der Waals surface area contributed by atoms with Crippen LogP contribution in [0.25, 0.3) is 0 Å². The number of aromatic hydroxyl groups is 1. The van der Waals surface area contributed by atoms with Crippen molar-refractivity contribution in [1.29, 1.82) is 0 Å². The van der Waals surface area contributed by atoms with Gasteiger partial charge >= 0.3 is 0 Å². The summed E-state index contributed by atoms with van der Waals surface area (Å²) < 4.78 is 0. The topological polar surface area (TPSA) is 61.7 Å². The van der Waals surface area contributed by atoms with Crippen LogP contribution in [0.1, 0.15) is 27.0 Å². The first kappa shape index (κ1) is 19.5. The van der Waals surface area contributed by atoms with Crippen molar-refractivity contribution in [2.45, 2.75) is 0 Å². The Morgan fingerprint density at radius 2 is 1.54 bits per heavy atom. The maximum Gasteiger partial charge on any atom is 0.271 e. The van der Waals surface area contributed by atoms with E-state index >= 15 is 0 Å². The Labute approximate surface area is 172 Å². The molecule has 0 radical (unpaired) electrons. The lowest BCUT2D eigenvalue weighted by Crippen LogP contribution is -2.17. The summed E-state index contributed by atoms with van der Waals surface area (Å²) in [6.45, 7) is 0. The largest absolute Gasteiger partial charge is 0.506 e. The minimum atomic E-state index is -0.427. The first-order chi connectivity index (χ1) is 13.5. The molecule has 0 fully saturated rings. The summed E-state index contributed by atoms with van der Waals surface area (Å²) in [7, 11) is 0. The number of nitrogens with zero attached hydrogens (tertiary/aromatic N) is 1. The molecule has 0 aliphatic heterocycles. The van der Waals surface area contributed by atoms with Gasteiger partial charge < -0.3 is 5.11 Å². The molecule has 28 heavy (non-hydrogen) atoms. The highest BCUT2D eigenvalue weighted by atomic mass is 35.5. The summed E-state index contributed by atoms with van der Waals surface area (Å²) in [6, 6.07) is 18.9. The first-order valence-corrected chi connectivity index (χ1v) is 8.96. The lowest BCUT2D eigenvalue weighted by Gasteiger charge is -2.02. The van der Waals surface area contributed by atoms with Gasteiger partial charge in [-0.2, -0.15) is 5.10 Å². The summed E-state index contributed by atoms with van der Waals surface area (Å²) in [5, 5.41) is 14.1. The molecule has 0 aromatic heterocycles. The predicted molar refractivity (Wildman–Crippen MR) is 112 cm³/mol. The van der Waals surface area contributed by atoms with Crippen molar-refractivity contribution < 1.29 is 9.90 Å². The van der Waals surface area contributed by atoms with Gasteiger partial charge in [-0.05, 0) is 60.2 Å². The third-order valence-corrected chi connectivity index (χ3v) is 4.25. The molecule has 3 rings (SSSR count). The van der Waals surface area contributed by atoms with Gasteiger partial charge in [0.25, 0.3) is 5.91 Å².